The van der Waals surface area contributed by atoms with Gasteiger partial charge in [0.05, 0.1) is 0 Å². The zero-order valence-corrected chi connectivity index (χ0v) is 12.7. The van der Waals surface area contributed by atoms with E-state index >= 15 is 0 Å². The summed E-state index contributed by atoms with van der Waals surface area (Å²) < 4.78 is 1.96. The minimum absolute atomic E-state index is 0.792. The maximum atomic E-state index is 4.97. The van der Waals surface area contributed by atoms with Crippen molar-refractivity contribution in [3.63, 3.8) is 0 Å². The van der Waals surface area contributed by atoms with E-state index < -0.39 is 0 Å². The Bertz CT molecular complexity index is 317. The molecule has 1 rings (SSSR count). The van der Waals surface area contributed by atoms with Crippen molar-refractivity contribution in [3.8, 4) is 0 Å². The molecule has 0 unspecified atom stereocenters. The Labute approximate surface area is 108 Å². The molecular formula is C11H16N2Se2. The summed E-state index contributed by atoms with van der Waals surface area (Å²) >= 11 is 5.63. The van der Waals surface area contributed by atoms with E-state index in [4.69, 9.17) is 5.73 Å². The molecule has 4 heteroatoms. The van der Waals surface area contributed by atoms with E-state index in [1.165, 1.54) is 10.1 Å². The summed E-state index contributed by atoms with van der Waals surface area (Å²) in [5, 5.41) is 0. The van der Waals surface area contributed by atoms with E-state index in [0.29, 0.717) is 0 Å². The van der Waals surface area contributed by atoms with Gasteiger partial charge in [0.25, 0.3) is 0 Å². The molecule has 0 saturated carbocycles. The monoisotopic (exact) mass is 336 g/mol. The third-order valence-electron chi connectivity index (χ3n) is 1.43. The first kappa shape index (κ1) is 14.6. The molecule has 0 heterocycles. The average molecular weight is 334 g/mol. The van der Waals surface area contributed by atoms with Gasteiger partial charge in [-0.1, -0.05) is 0 Å². The second kappa shape index (κ2) is 7.83. The van der Waals surface area contributed by atoms with Gasteiger partial charge in [-0.15, -0.1) is 0 Å². The summed E-state index contributed by atoms with van der Waals surface area (Å²) in [7, 11) is 4.05. The molecule has 0 aliphatic rings. The van der Waals surface area contributed by atoms with Crippen molar-refractivity contribution in [2.24, 2.45) is 5.73 Å². The Hall–Kier alpha value is -0.401. The SMILES string of the molecule is CC(N)=[Se].CN(C)C(=[Se])c1ccccc1. The molecule has 0 spiro atoms. The molecule has 0 atom stereocenters. The summed E-state index contributed by atoms with van der Waals surface area (Å²) in [6, 6.07) is 10.3. The van der Waals surface area contributed by atoms with Gasteiger partial charge in [0.1, 0.15) is 0 Å². The molecule has 1 aromatic carbocycles. The van der Waals surface area contributed by atoms with Crippen LogP contribution in [0.4, 0.5) is 0 Å². The summed E-state index contributed by atoms with van der Waals surface area (Å²) in [6.45, 7) is 1.81. The molecule has 0 radical (unpaired) electrons. The minimum atomic E-state index is 0.792. The predicted octanol–water partition coefficient (Wildman–Crippen LogP) is 0.158. The molecule has 0 aromatic heterocycles. The number of benzene rings is 1. The Morgan fingerprint density at radius 2 is 1.53 bits per heavy atom. The maximum absolute atomic E-state index is 4.97. The van der Waals surface area contributed by atoms with Crippen molar-refractivity contribution in [2.45, 2.75) is 6.92 Å². The number of hydrogen-bond donors (Lipinski definition) is 1. The van der Waals surface area contributed by atoms with E-state index in [1.54, 1.807) is 6.92 Å². The fraction of sp³-hybridized carbons (Fsp3) is 0.273. The summed E-state index contributed by atoms with van der Waals surface area (Å²) in [5.41, 5.74) is 6.21. The molecule has 2 N–H and O–H groups in total. The van der Waals surface area contributed by atoms with Gasteiger partial charge >= 0.3 is 108 Å². The first-order chi connectivity index (χ1) is 6.95. The fourth-order valence-corrected chi connectivity index (χ4v) is 1.12. The normalized spacial score (nSPS) is 8.47. The Balaban J connectivity index is 0.000000423. The van der Waals surface area contributed by atoms with Crippen LogP contribution in [0.3, 0.4) is 0 Å². The molecule has 15 heavy (non-hydrogen) atoms. The molecule has 0 fully saturated rings. The van der Waals surface area contributed by atoms with Crippen LogP contribution < -0.4 is 5.73 Å². The van der Waals surface area contributed by atoms with Crippen LogP contribution in [-0.4, -0.2) is 59.2 Å². The number of rotatable bonds is 2. The van der Waals surface area contributed by atoms with Crippen LogP contribution in [-0.2, 0) is 0 Å². The fourth-order valence-electron chi connectivity index (χ4n) is 0.839. The number of nitrogens with zero attached hydrogens (tertiary/aromatic N) is 1. The molecule has 0 aliphatic heterocycles. The Morgan fingerprint density at radius 1 is 1.13 bits per heavy atom. The van der Waals surface area contributed by atoms with Gasteiger partial charge in [0, 0.05) is 0 Å². The van der Waals surface area contributed by atoms with Crippen LogP contribution in [0, 0.1) is 0 Å². The molecular weight excluding hydrogens is 318 g/mol. The number of hydrogen-bond acceptors (Lipinski definition) is 2. The van der Waals surface area contributed by atoms with Crippen molar-refractivity contribution in [1.29, 1.82) is 0 Å². The standard InChI is InChI=1S/C9H11NSe.C2H5NSe/c1-10(2)9(11)8-6-4-3-5-7-8;1-2(3)4/h3-7H,1-2H3;1H3,(H2,3,4). The van der Waals surface area contributed by atoms with Crippen LogP contribution >= 0.6 is 0 Å². The molecule has 0 saturated heterocycles. The van der Waals surface area contributed by atoms with Crippen molar-refractivity contribution in [1.82, 2.24) is 4.90 Å². The third kappa shape index (κ3) is 7.52. The summed E-state index contributed by atoms with van der Waals surface area (Å²) in [5.74, 6) is 0. The van der Waals surface area contributed by atoms with Gasteiger partial charge in [-0.3, -0.25) is 0 Å². The average Bonchev–Trinajstić information content (AvgIpc) is 2.17. The Morgan fingerprint density at radius 3 is 1.87 bits per heavy atom. The summed E-state index contributed by atoms with van der Waals surface area (Å²) in [6.07, 6.45) is 0. The van der Waals surface area contributed by atoms with E-state index in [2.05, 4.69) is 48.2 Å². The van der Waals surface area contributed by atoms with Crippen molar-refractivity contribution < 1.29 is 0 Å². The summed E-state index contributed by atoms with van der Waals surface area (Å²) in [4.78, 5) is 2.06. The van der Waals surface area contributed by atoms with Crippen LogP contribution in [0.25, 0.3) is 0 Å². The molecule has 0 aliphatic carbocycles. The van der Waals surface area contributed by atoms with E-state index in [0.717, 1.165) is 4.54 Å². The molecule has 2 nitrogen and oxygen atoms in total. The zero-order valence-electron chi connectivity index (χ0n) is 9.23. The van der Waals surface area contributed by atoms with Gasteiger partial charge < -0.3 is 0 Å². The quantitative estimate of drug-likeness (QED) is 0.781. The van der Waals surface area contributed by atoms with Gasteiger partial charge in [-0.25, -0.2) is 0 Å². The number of nitrogens with two attached hydrogens (primary N) is 1. The first-order valence-electron chi connectivity index (χ1n) is 4.48. The first-order valence-corrected chi connectivity index (χ1v) is 6.19. The second-order valence-electron chi connectivity index (χ2n) is 3.18. The molecule has 0 bridgehead atoms. The van der Waals surface area contributed by atoms with Gasteiger partial charge in [-0.2, -0.15) is 0 Å². The van der Waals surface area contributed by atoms with Gasteiger partial charge in [-0.05, 0) is 0 Å². The van der Waals surface area contributed by atoms with Crippen molar-refractivity contribution in [3.05, 3.63) is 35.9 Å². The topological polar surface area (TPSA) is 29.3 Å². The van der Waals surface area contributed by atoms with Crippen LogP contribution in [0.15, 0.2) is 30.3 Å². The van der Waals surface area contributed by atoms with E-state index in [9.17, 15) is 0 Å². The zero-order chi connectivity index (χ0) is 11.8. The second-order valence-corrected chi connectivity index (χ2v) is 5.34. The Kier molecular flexibility index (Phi) is 7.63. The van der Waals surface area contributed by atoms with Gasteiger partial charge in [0.2, 0.25) is 0 Å². The van der Waals surface area contributed by atoms with Crippen molar-refractivity contribution >= 4 is 40.2 Å². The van der Waals surface area contributed by atoms with Crippen molar-refractivity contribution in [2.75, 3.05) is 14.1 Å². The van der Waals surface area contributed by atoms with Crippen LogP contribution in [0.5, 0.6) is 0 Å². The van der Waals surface area contributed by atoms with E-state index in [-0.39, 0.29) is 0 Å². The molecule has 1 aromatic rings. The van der Waals surface area contributed by atoms with Crippen LogP contribution in [0.2, 0.25) is 0 Å². The van der Waals surface area contributed by atoms with E-state index in [1.807, 2.05) is 32.3 Å². The predicted molar refractivity (Wildman–Crippen MR) is 70.6 cm³/mol. The third-order valence-corrected chi connectivity index (χ3v) is 2.69. The molecule has 0 amide bonds. The van der Waals surface area contributed by atoms with Crippen LogP contribution in [0.1, 0.15) is 12.5 Å². The van der Waals surface area contributed by atoms with Gasteiger partial charge in [0.15, 0.2) is 0 Å². The molecule has 82 valence electrons.